The number of aryl methyl sites for hydroxylation is 1. The third kappa shape index (κ3) is 2.76. The average molecular weight is 261 g/mol. The second-order valence-electron chi connectivity index (χ2n) is 3.94. The van der Waals surface area contributed by atoms with E-state index in [-0.39, 0.29) is 5.97 Å². The summed E-state index contributed by atoms with van der Waals surface area (Å²) >= 11 is 1.70. The fourth-order valence-electron chi connectivity index (χ4n) is 1.66. The number of carbonyl (C=O) groups excluding carboxylic acids is 1. The third-order valence-electron chi connectivity index (χ3n) is 2.61. The summed E-state index contributed by atoms with van der Waals surface area (Å²) in [6, 6.07) is 7.41. The normalized spacial score (nSPS) is 10.3. The average Bonchev–Trinajstić information content (AvgIpc) is 2.87. The minimum absolute atomic E-state index is 0.308. The Hall–Kier alpha value is -1.68. The molecule has 4 heteroatoms. The Balaban J connectivity index is 2.20. The number of ether oxygens (including phenoxy) is 1. The van der Waals surface area contributed by atoms with Gasteiger partial charge in [-0.05, 0) is 30.5 Å². The van der Waals surface area contributed by atoms with Crippen LogP contribution in [0.15, 0.2) is 30.5 Å². The monoisotopic (exact) mass is 261 g/mol. The van der Waals surface area contributed by atoms with Crippen molar-refractivity contribution in [2.24, 2.45) is 0 Å². The van der Waals surface area contributed by atoms with Crippen LogP contribution >= 0.6 is 11.3 Å². The molecule has 0 bridgehead atoms. The molecule has 0 aliphatic rings. The van der Waals surface area contributed by atoms with Gasteiger partial charge in [0.1, 0.15) is 0 Å². The van der Waals surface area contributed by atoms with E-state index in [0.717, 1.165) is 28.3 Å². The zero-order chi connectivity index (χ0) is 13.0. The molecule has 0 radical (unpaired) electrons. The number of thiazole rings is 1. The molecular formula is C14H15NO2S. The summed E-state index contributed by atoms with van der Waals surface area (Å²) in [5.41, 5.74) is 1.65. The van der Waals surface area contributed by atoms with Gasteiger partial charge in [-0.3, -0.25) is 0 Å². The SMILES string of the molecule is CCCc1ncc(-c2ccc(C(=O)OC)cc2)s1. The molecule has 0 amide bonds. The Bertz CT molecular complexity index is 531. The number of methoxy groups -OCH3 is 1. The van der Waals surface area contributed by atoms with Crippen LogP contribution in [0, 0.1) is 0 Å². The van der Waals surface area contributed by atoms with Gasteiger partial charge in [0.25, 0.3) is 0 Å². The number of hydrogen-bond acceptors (Lipinski definition) is 4. The minimum Gasteiger partial charge on any atom is -0.465 e. The van der Waals surface area contributed by atoms with Crippen molar-refractivity contribution in [1.29, 1.82) is 0 Å². The highest BCUT2D eigenvalue weighted by Crippen LogP contribution is 2.27. The predicted octanol–water partition coefficient (Wildman–Crippen LogP) is 3.55. The van der Waals surface area contributed by atoms with Crippen LogP contribution in [-0.2, 0) is 11.2 Å². The summed E-state index contributed by atoms with van der Waals surface area (Å²) in [5.74, 6) is -0.308. The molecule has 1 heterocycles. The molecule has 3 nitrogen and oxygen atoms in total. The van der Waals surface area contributed by atoms with E-state index >= 15 is 0 Å². The van der Waals surface area contributed by atoms with E-state index in [9.17, 15) is 4.79 Å². The van der Waals surface area contributed by atoms with E-state index < -0.39 is 0 Å². The first kappa shape index (κ1) is 12.8. The van der Waals surface area contributed by atoms with Crippen molar-refractivity contribution in [2.75, 3.05) is 7.11 Å². The van der Waals surface area contributed by atoms with Gasteiger partial charge in [-0.25, -0.2) is 9.78 Å². The molecule has 0 spiro atoms. The van der Waals surface area contributed by atoms with Gasteiger partial charge in [0.2, 0.25) is 0 Å². The van der Waals surface area contributed by atoms with E-state index in [4.69, 9.17) is 0 Å². The van der Waals surface area contributed by atoms with Crippen molar-refractivity contribution in [2.45, 2.75) is 19.8 Å². The number of esters is 1. The standard InChI is InChI=1S/C14H15NO2S/c1-3-4-13-15-9-12(18-13)10-5-7-11(8-6-10)14(16)17-2/h5-9H,3-4H2,1-2H3. The summed E-state index contributed by atoms with van der Waals surface area (Å²) in [4.78, 5) is 16.8. The zero-order valence-electron chi connectivity index (χ0n) is 10.5. The van der Waals surface area contributed by atoms with Crippen LogP contribution in [0.5, 0.6) is 0 Å². The lowest BCUT2D eigenvalue weighted by Gasteiger charge is -2.00. The molecule has 1 aromatic carbocycles. The number of benzene rings is 1. The van der Waals surface area contributed by atoms with E-state index in [1.807, 2.05) is 18.3 Å². The molecule has 2 rings (SSSR count). The van der Waals surface area contributed by atoms with E-state index in [1.54, 1.807) is 23.5 Å². The van der Waals surface area contributed by atoms with Gasteiger partial charge >= 0.3 is 5.97 Å². The summed E-state index contributed by atoms with van der Waals surface area (Å²) in [6.45, 7) is 2.15. The maximum atomic E-state index is 11.3. The first-order valence-electron chi connectivity index (χ1n) is 5.88. The molecule has 0 saturated carbocycles. The van der Waals surface area contributed by atoms with Gasteiger partial charge in [-0.2, -0.15) is 0 Å². The maximum Gasteiger partial charge on any atom is 0.337 e. The minimum atomic E-state index is -0.308. The highest BCUT2D eigenvalue weighted by Gasteiger charge is 2.07. The van der Waals surface area contributed by atoms with Crippen molar-refractivity contribution in [1.82, 2.24) is 4.98 Å². The molecule has 94 valence electrons. The third-order valence-corrected chi connectivity index (χ3v) is 3.71. The molecule has 0 unspecified atom stereocenters. The quantitative estimate of drug-likeness (QED) is 0.790. The Labute approximate surface area is 110 Å². The molecule has 2 aromatic rings. The Morgan fingerprint density at radius 1 is 1.33 bits per heavy atom. The van der Waals surface area contributed by atoms with E-state index in [1.165, 1.54) is 7.11 Å². The second-order valence-corrected chi connectivity index (χ2v) is 5.05. The van der Waals surface area contributed by atoms with Crippen LogP contribution in [0.1, 0.15) is 28.7 Å². The van der Waals surface area contributed by atoms with Gasteiger partial charge in [0, 0.05) is 6.20 Å². The lowest BCUT2D eigenvalue weighted by atomic mass is 10.1. The van der Waals surface area contributed by atoms with Crippen molar-refractivity contribution in [3.05, 3.63) is 41.0 Å². The van der Waals surface area contributed by atoms with Crippen molar-refractivity contribution in [3.8, 4) is 10.4 Å². The molecule has 0 fully saturated rings. The van der Waals surface area contributed by atoms with Crippen LogP contribution in [0.25, 0.3) is 10.4 Å². The topological polar surface area (TPSA) is 39.2 Å². The van der Waals surface area contributed by atoms with Crippen LogP contribution in [0.3, 0.4) is 0 Å². The van der Waals surface area contributed by atoms with Gasteiger partial charge < -0.3 is 4.74 Å². The fourth-order valence-corrected chi connectivity index (χ4v) is 2.69. The molecule has 1 aromatic heterocycles. The first-order chi connectivity index (χ1) is 8.74. The Morgan fingerprint density at radius 3 is 2.67 bits per heavy atom. The van der Waals surface area contributed by atoms with E-state index in [2.05, 4.69) is 16.6 Å². The van der Waals surface area contributed by atoms with Crippen molar-refractivity contribution < 1.29 is 9.53 Å². The molecule has 0 N–H and O–H groups in total. The number of hydrogen-bond donors (Lipinski definition) is 0. The highest BCUT2D eigenvalue weighted by atomic mass is 32.1. The van der Waals surface area contributed by atoms with Gasteiger partial charge in [-0.1, -0.05) is 19.1 Å². The van der Waals surface area contributed by atoms with Crippen molar-refractivity contribution >= 4 is 17.3 Å². The van der Waals surface area contributed by atoms with Crippen LogP contribution < -0.4 is 0 Å². The molecule has 0 aliphatic carbocycles. The molecule has 18 heavy (non-hydrogen) atoms. The summed E-state index contributed by atoms with van der Waals surface area (Å²) in [6.07, 6.45) is 4.02. The van der Waals surface area contributed by atoms with Gasteiger partial charge in [0.15, 0.2) is 0 Å². The van der Waals surface area contributed by atoms with Crippen molar-refractivity contribution in [3.63, 3.8) is 0 Å². The highest BCUT2D eigenvalue weighted by molar-refractivity contribution is 7.15. The summed E-state index contributed by atoms with van der Waals surface area (Å²) in [5, 5.41) is 1.16. The Kier molecular flexibility index (Phi) is 4.10. The van der Waals surface area contributed by atoms with Gasteiger partial charge in [0.05, 0.1) is 22.6 Å². The number of nitrogens with zero attached hydrogens (tertiary/aromatic N) is 1. The molecule has 0 saturated heterocycles. The predicted molar refractivity (Wildman–Crippen MR) is 72.9 cm³/mol. The smallest absolute Gasteiger partial charge is 0.337 e. The number of rotatable bonds is 4. The zero-order valence-corrected chi connectivity index (χ0v) is 11.3. The number of aromatic nitrogens is 1. The lowest BCUT2D eigenvalue weighted by molar-refractivity contribution is 0.0601. The second kappa shape index (κ2) is 5.78. The van der Waals surface area contributed by atoms with Gasteiger partial charge in [-0.15, -0.1) is 11.3 Å². The molecule has 0 aliphatic heterocycles. The van der Waals surface area contributed by atoms with Crippen LogP contribution in [-0.4, -0.2) is 18.1 Å². The lowest BCUT2D eigenvalue weighted by Crippen LogP contribution is -2.00. The van der Waals surface area contributed by atoms with E-state index in [0.29, 0.717) is 5.56 Å². The Morgan fingerprint density at radius 2 is 2.06 bits per heavy atom. The van der Waals surface area contributed by atoms with Crippen LogP contribution in [0.4, 0.5) is 0 Å². The van der Waals surface area contributed by atoms with Crippen LogP contribution in [0.2, 0.25) is 0 Å². The summed E-state index contributed by atoms with van der Waals surface area (Å²) in [7, 11) is 1.39. The first-order valence-corrected chi connectivity index (χ1v) is 6.69. The maximum absolute atomic E-state index is 11.3. The molecule has 0 atom stereocenters. The number of carbonyl (C=O) groups is 1. The fraction of sp³-hybridized carbons (Fsp3) is 0.286. The molecular weight excluding hydrogens is 246 g/mol. The summed E-state index contributed by atoms with van der Waals surface area (Å²) < 4.78 is 4.67. The largest absolute Gasteiger partial charge is 0.465 e.